The topological polar surface area (TPSA) is 63.2 Å². The molecule has 1 aliphatic rings. The zero-order valence-corrected chi connectivity index (χ0v) is 12.1. The molecule has 1 atom stereocenters. The molecule has 6 heteroatoms. The van der Waals surface area contributed by atoms with E-state index in [-0.39, 0.29) is 18.2 Å². The van der Waals surface area contributed by atoms with E-state index >= 15 is 0 Å². The van der Waals surface area contributed by atoms with Crippen LogP contribution >= 0.6 is 15.9 Å². The average molecular weight is 332 g/mol. The van der Waals surface area contributed by atoms with Crippen molar-refractivity contribution in [1.29, 1.82) is 0 Å². The molecule has 1 saturated heterocycles. The first kappa shape index (κ1) is 13.5. The van der Waals surface area contributed by atoms with E-state index in [2.05, 4.69) is 21.2 Å². The lowest BCUT2D eigenvalue weighted by Crippen LogP contribution is -2.34. The first-order chi connectivity index (χ1) is 8.49. The smallest absolute Gasteiger partial charge is 0.251 e. The van der Waals surface area contributed by atoms with Gasteiger partial charge in [0.1, 0.15) is 0 Å². The minimum atomic E-state index is -2.99. The Morgan fingerprint density at radius 2 is 2.00 bits per heavy atom. The number of carbonyl (C=O) groups is 1. The average Bonchev–Trinajstić information content (AvgIpc) is 2.66. The van der Waals surface area contributed by atoms with Crippen molar-refractivity contribution < 1.29 is 13.2 Å². The summed E-state index contributed by atoms with van der Waals surface area (Å²) in [7, 11) is -2.99. The van der Waals surface area contributed by atoms with Gasteiger partial charge in [-0.15, -0.1) is 0 Å². The van der Waals surface area contributed by atoms with Gasteiger partial charge in [0.2, 0.25) is 0 Å². The molecule has 1 aliphatic heterocycles. The van der Waals surface area contributed by atoms with Crippen molar-refractivity contribution in [2.24, 2.45) is 0 Å². The monoisotopic (exact) mass is 331 g/mol. The number of nitrogens with one attached hydrogen (secondary N) is 1. The highest BCUT2D eigenvalue weighted by atomic mass is 79.9. The highest BCUT2D eigenvalue weighted by Crippen LogP contribution is 2.19. The molecule has 1 aromatic carbocycles. The van der Waals surface area contributed by atoms with E-state index in [4.69, 9.17) is 0 Å². The van der Waals surface area contributed by atoms with Crippen LogP contribution in [0.1, 0.15) is 23.2 Å². The second-order valence-electron chi connectivity index (χ2n) is 4.35. The molecule has 0 saturated carbocycles. The highest BCUT2D eigenvalue weighted by Gasteiger charge is 2.31. The van der Waals surface area contributed by atoms with Crippen LogP contribution in [-0.2, 0) is 9.84 Å². The largest absolute Gasteiger partial charge is 0.351 e. The third-order valence-corrected chi connectivity index (χ3v) is 5.86. The Labute approximate surface area is 115 Å². The quantitative estimate of drug-likeness (QED) is 0.917. The maximum absolute atomic E-state index is 11.8. The molecular formula is C12H14BrNO3S. The molecule has 1 unspecified atom stereocenters. The number of hydrogen-bond donors (Lipinski definition) is 1. The van der Waals surface area contributed by atoms with Crippen molar-refractivity contribution >= 4 is 31.7 Å². The van der Waals surface area contributed by atoms with Crippen LogP contribution < -0.4 is 5.32 Å². The maximum atomic E-state index is 11.8. The predicted octanol–water partition coefficient (Wildman–Crippen LogP) is 1.76. The number of rotatable bonds is 3. The Kier molecular flexibility index (Phi) is 4.07. The van der Waals surface area contributed by atoms with Crippen molar-refractivity contribution in [1.82, 2.24) is 5.32 Å². The molecule has 1 heterocycles. The van der Waals surface area contributed by atoms with E-state index in [0.29, 0.717) is 18.4 Å². The van der Waals surface area contributed by atoms with E-state index in [9.17, 15) is 13.2 Å². The predicted molar refractivity (Wildman–Crippen MR) is 73.3 cm³/mol. The Morgan fingerprint density at radius 1 is 1.33 bits per heavy atom. The van der Waals surface area contributed by atoms with Gasteiger partial charge in [-0.25, -0.2) is 8.42 Å². The second-order valence-corrected chi connectivity index (χ2v) is 7.66. The van der Waals surface area contributed by atoms with E-state index in [1.807, 2.05) is 0 Å². The summed E-state index contributed by atoms with van der Waals surface area (Å²) in [5.41, 5.74) is 0.536. The summed E-state index contributed by atoms with van der Waals surface area (Å²) < 4.78 is 24.1. The van der Waals surface area contributed by atoms with E-state index in [0.717, 1.165) is 4.47 Å². The molecular weight excluding hydrogens is 318 g/mol. The summed E-state index contributed by atoms with van der Waals surface area (Å²) in [6, 6.07) is 6.95. The molecule has 1 N–H and O–H groups in total. The summed E-state index contributed by atoms with van der Waals surface area (Å²) in [5, 5.41) is 2.26. The third kappa shape index (κ3) is 3.11. The fraction of sp³-hybridized carbons (Fsp3) is 0.417. The third-order valence-electron chi connectivity index (χ3n) is 3.06. The molecule has 2 rings (SSSR count). The standard InChI is InChI=1S/C12H14BrNO3S/c13-10-5-3-9(4-6-10)12(15)14-8-11-2-1-7-18(11,16)17/h3-6,11H,1-2,7-8H2,(H,14,15). The Bertz CT molecular complexity index is 539. The van der Waals surface area contributed by atoms with Gasteiger partial charge in [0.15, 0.2) is 9.84 Å². The SMILES string of the molecule is O=C(NCC1CCCS1(=O)=O)c1ccc(Br)cc1. The van der Waals surface area contributed by atoms with E-state index in [1.165, 1.54) is 0 Å². The van der Waals surface area contributed by atoms with Crippen molar-refractivity contribution in [3.8, 4) is 0 Å². The number of sulfone groups is 1. The molecule has 18 heavy (non-hydrogen) atoms. The normalized spacial score (nSPS) is 21.7. The molecule has 1 aromatic rings. The summed E-state index contributed by atoms with van der Waals surface area (Å²) in [6.07, 6.45) is 1.34. The van der Waals surface area contributed by atoms with Gasteiger partial charge in [0.05, 0.1) is 11.0 Å². The van der Waals surface area contributed by atoms with E-state index < -0.39 is 15.1 Å². The van der Waals surface area contributed by atoms with Gasteiger partial charge in [-0.2, -0.15) is 0 Å². The molecule has 1 fully saturated rings. The van der Waals surface area contributed by atoms with Gasteiger partial charge in [0.25, 0.3) is 5.91 Å². The fourth-order valence-corrected chi connectivity index (χ4v) is 4.03. The molecule has 98 valence electrons. The van der Waals surface area contributed by atoms with Crippen LogP contribution in [0.3, 0.4) is 0 Å². The molecule has 0 aromatic heterocycles. The van der Waals surface area contributed by atoms with E-state index in [1.54, 1.807) is 24.3 Å². The lowest BCUT2D eigenvalue weighted by Gasteiger charge is -2.10. The van der Waals surface area contributed by atoms with Gasteiger partial charge in [-0.1, -0.05) is 15.9 Å². The Hall–Kier alpha value is -0.880. The van der Waals surface area contributed by atoms with Crippen LogP contribution in [0.4, 0.5) is 0 Å². The molecule has 0 aliphatic carbocycles. The number of hydrogen-bond acceptors (Lipinski definition) is 3. The van der Waals surface area contributed by atoms with Crippen molar-refractivity contribution in [2.45, 2.75) is 18.1 Å². The molecule has 0 spiro atoms. The lowest BCUT2D eigenvalue weighted by molar-refractivity contribution is 0.0953. The van der Waals surface area contributed by atoms with Crippen LogP contribution in [0, 0.1) is 0 Å². The molecule has 1 amide bonds. The minimum Gasteiger partial charge on any atom is -0.351 e. The summed E-state index contributed by atoms with van der Waals surface area (Å²) in [6.45, 7) is 0.206. The number of benzene rings is 1. The van der Waals surface area contributed by atoms with Crippen LogP contribution in [-0.4, -0.2) is 31.9 Å². The van der Waals surface area contributed by atoms with Crippen molar-refractivity contribution in [3.05, 3.63) is 34.3 Å². The Balaban J connectivity index is 1.95. The first-order valence-electron chi connectivity index (χ1n) is 5.74. The minimum absolute atomic E-state index is 0.206. The van der Waals surface area contributed by atoms with Crippen LogP contribution in [0.5, 0.6) is 0 Å². The highest BCUT2D eigenvalue weighted by molar-refractivity contribution is 9.10. The summed E-state index contributed by atoms with van der Waals surface area (Å²) in [4.78, 5) is 11.8. The summed E-state index contributed by atoms with van der Waals surface area (Å²) >= 11 is 3.29. The lowest BCUT2D eigenvalue weighted by atomic mass is 10.2. The van der Waals surface area contributed by atoms with Crippen LogP contribution in [0.25, 0.3) is 0 Å². The zero-order valence-electron chi connectivity index (χ0n) is 9.73. The number of halogens is 1. The van der Waals surface area contributed by atoms with Gasteiger partial charge >= 0.3 is 0 Å². The molecule has 4 nitrogen and oxygen atoms in total. The number of amides is 1. The first-order valence-corrected chi connectivity index (χ1v) is 8.25. The summed E-state index contributed by atoms with van der Waals surface area (Å²) in [5.74, 6) is 0.0100. The molecule has 0 radical (unpaired) electrons. The fourth-order valence-electron chi connectivity index (χ4n) is 2.00. The zero-order chi connectivity index (χ0) is 13.2. The Morgan fingerprint density at radius 3 is 2.56 bits per heavy atom. The number of carbonyl (C=O) groups excluding carboxylic acids is 1. The van der Waals surface area contributed by atoms with Gasteiger partial charge in [0, 0.05) is 16.6 Å². The van der Waals surface area contributed by atoms with Crippen LogP contribution in [0.15, 0.2) is 28.7 Å². The van der Waals surface area contributed by atoms with Crippen LogP contribution in [0.2, 0.25) is 0 Å². The molecule has 0 bridgehead atoms. The van der Waals surface area contributed by atoms with Crippen molar-refractivity contribution in [2.75, 3.05) is 12.3 Å². The van der Waals surface area contributed by atoms with Gasteiger partial charge in [-0.3, -0.25) is 4.79 Å². The van der Waals surface area contributed by atoms with Gasteiger partial charge < -0.3 is 5.32 Å². The van der Waals surface area contributed by atoms with Crippen molar-refractivity contribution in [3.63, 3.8) is 0 Å². The maximum Gasteiger partial charge on any atom is 0.251 e. The second kappa shape index (κ2) is 5.40. The van der Waals surface area contributed by atoms with Gasteiger partial charge in [-0.05, 0) is 37.1 Å².